The number of hydrogen-bond acceptors (Lipinski definition) is 1. The Morgan fingerprint density at radius 3 is 1.84 bits per heavy atom. The smallest absolute Gasteiger partial charge is 0.136 e. The standard InChI is InChI=1S/C24H26O/c1-9-12-20(8)24-21(15-13-17(4)5)25-22(16-14-18(6)10-2)23(24)19(7)11-3/h9-16H,2-4,6-8H2,1,5H3/b12-9-,15-13-,16-14-. The van der Waals surface area contributed by atoms with Crippen LogP contribution in [-0.4, -0.2) is 0 Å². The summed E-state index contributed by atoms with van der Waals surface area (Å²) in [6.07, 6.45) is 14.8. The van der Waals surface area contributed by atoms with E-state index in [-0.39, 0.29) is 0 Å². The summed E-state index contributed by atoms with van der Waals surface area (Å²) >= 11 is 0. The van der Waals surface area contributed by atoms with E-state index in [0.29, 0.717) is 11.5 Å². The molecule has 0 unspecified atom stereocenters. The van der Waals surface area contributed by atoms with E-state index in [2.05, 4.69) is 39.5 Å². The van der Waals surface area contributed by atoms with Gasteiger partial charge < -0.3 is 4.42 Å². The van der Waals surface area contributed by atoms with Crippen molar-refractivity contribution in [2.45, 2.75) is 13.8 Å². The first-order chi connectivity index (χ1) is 11.8. The van der Waals surface area contributed by atoms with Crippen LogP contribution in [0.25, 0.3) is 23.3 Å². The van der Waals surface area contributed by atoms with E-state index < -0.39 is 0 Å². The van der Waals surface area contributed by atoms with Gasteiger partial charge in [0.05, 0.1) is 0 Å². The zero-order valence-corrected chi connectivity index (χ0v) is 15.3. The molecule has 0 bridgehead atoms. The van der Waals surface area contributed by atoms with Crippen molar-refractivity contribution in [3.8, 4) is 0 Å². The summed E-state index contributed by atoms with van der Waals surface area (Å²) in [6, 6.07) is 0. The van der Waals surface area contributed by atoms with Gasteiger partial charge in [-0.05, 0) is 42.7 Å². The molecule has 1 heterocycles. The molecular weight excluding hydrogens is 304 g/mol. The average molecular weight is 330 g/mol. The third-order valence-electron chi connectivity index (χ3n) is 3.45. The molecule has 0 N–H and O–H groups in total. The van der Waals surface area contributed by atoms with E-state index in [9.17, 15) is 0 Å². The number of hydrogen-bond donors (Lipinski definition) is 0. The fourth-order valence-electron chi connectivity index (χ4n) is 2.19. The van der Waals surface area contributed by atoms with Gasteiger partial charge in [-0.2, -0.15) is 0 Å². The van der Waals surface area contributed by atoms with Gasteiger partial charge in [-0.15, -0.1) is 0 Å². The summed E-state index contributed by atoms with van der Waals surface area (Å²) in [5, 5.41) is 0. The maximum atomic E-state index is 6.09. The van der Waals surface area contributed by atoms with Crippen LogP contribution in [0.5, 0.6) is 0 Å². The highest BCUT2D eigenvalue weighted by Crippen LogP contribution is 2.36. The summed E-state index contributed by atoms with van der Waals surface area (Å²) < 4.78 is 6.09. The molecule has 0 aliphatic heterocycles. The first-order valence-corrected chi connectivity index (χ1v) is 7.99. The monoisotopic (exact) mass is 330 g/mol. The molecular formula is C24H26O. The Hall–Kier alpha value is -3.06. The lowest BCUT2D eigenvalue weighted by Gasteiger charge is -2.05. The van der Waals surface area contributed by atoms with Crippen LogP contribution in [0.4, 0.5) is 0 Å². The molecule has 25 heavy (non-hydrogen) atoms. The van der Waals surface area contributed by atoms with Gasteiger partial charge in [0.1, 0.15) is 11.5 Å². The van der Waals surface area contributed by atoms with Gasteiger partial charge in [0.15, 0.2) is 0 Å². The summed E-state index contributed by atoms with van der Waals surface area (Å²) in [7, 11) is 0. The predicted octanol–water partition coefficient (Wildman–Crippen LogP) is 7.41. The van der Waals surface area contributed by atoms with Crippen LogP contribution in [0, 0.1) is 0 Å². The van der Waals surface area contributed by atoms with Crippen LogP contribution >= 0.6 is 0 Å². The molecule has 0 saturated carbocycles. The molecule has 0 amide bonds. The molecule has 1 rings (SSSR count). The summed E-state index contributed by atoms with van der Waals surface area (Å²) in [6.45, 7) is 27.5. The lowest BCUT2D eigenvalue weighted by molar-refractivity contribution is 0.545. The maximum absolute atomic E-state index is 6.09. The predicted molar refractivity (Wildman–Crippen MR) is 114 cm³/mol. The zero-order chi connectivity index (χ0) is 19.0. The molecule has 0 aliphatic carbocycles. The number of allylic oxidation sites excluding steroid dienone is 10. The fraction of sp³-hybridized carbons (Fsp3) is 0.0833. The van der Waals surface area contributed by atoms with E-state index in [0.717, 1.165) is 33.4 Å². The Balaban J connectivity index is 3.71. The summed E-state index contributed by atoms with van der Waals surface area (Å²) in [5.74, 6) is 1.38. The van der Waals surface area contributed by atoms with Crippen LogP contribution in [0.15, 0.2) is 91.5 Å². The molecule has 0 radical (unpaired) electrons. The minimum absolute atomic E-state index is 0.676. The second-order valence-electron chi connectivity index (χ2n) is 5.63. The van der Waals surface area contributed by atoms with E-state index in [1.807, 2.05) is 50.3 Å². The highest BCUT2D eigenvalue weighted by Gasteiger charge is 2.19. The molecule has 1 nitrogen and oxygen atoms in total. The van der Waals surface area contributed by atoms with Gasteiger partial charge in [0.25, 0.3) is 0 Å². The van der Waals surface area contributed by atoms with Crippen molar-refractivity contribution in [3.63, 3.8) is 0 Å². The van der Waals surface area contributed by atoms with Crippen molar-refractivity contribution >= 4 is 23.3 Å². The quantitative estimate of drug-likeness (QED) is 0.429. The van der Waals surface area contributed by atoms with Gasteiger partial charge in [-0.3, -0.25) is 0 Å². The maximum Gasteiger partial charge on any atom is 0.136 e. The van der Waals surface area contributed by atoms with Crippen molar-refractivity contribution in [2.75, 3.05) is 0 Å². The van der Waals surface area contributed by atoms with E-state index in [4.69, 9.17) is 4.42 Å². The topological polar surface area (TPSA) is 13.1 Å². The van der Waals surface area contributed by atoms with Crippen LogP contribution < -0.4 is 0 Å². The largest absolute Gasteiger partial charge is 0.456 e. The molecule has 0 fully saturated rings. The summed E-state index contributed by atoms with van der Waals surface area (Å²) in [5.41, 5.74) is 5.09. The molecule has 1 aromatic heterocycles. The average Bonchev–Trinajstić information content (AvgIpc) is 2.95. The Labute approximate surface area is 151 Å². The molecule has 0 saturated heterocycles. The Morgan fingerprint density at radius 1 is 0.800 bits per heavy atom. The highest BCUT2D eigenvalue weighted by molar-refractivity contribution is 5.91. The molecule has 0 aromatic carbocycles. The second kappa shape index (κ2) is 9.29. The second-order valence-corrected chi connectivity index (χ2v) is 5.63. The molecule has 128 valence electrons. The fourth-order valence-corrected chi connectivity index (χ4v) is 2.19. The van der Waals surface area contributed by atoms with Gasteiger partial charge in [0.2, 0.25) is 0 Å². The molecule has 0 atom stereocenters. The van der Waals surface area contributed by atoms with Crippen molar-refractivity contribution in [1.82, 2.24) is 0 Å². The SMILES string of the molecule is C=CC(=C)/C=C\c1oc(/C=C\C(=C)C)c(C(=C)/C=C\C)c1C(=C)C=C. The first kappa shape index (κ1) is 20.0. The van der Waals surface area contributed by atoms with Gasteiger partial charge in [-0.25, -0.2) is 0 Å². The first-order valence-electron chi connectivity index (χ1n) is 7.99. The molecule has 0 aliphatic rings. The van der Waals surface area contributed by atoms with Crippen molar-refractivity contribution < 1.29 is 4.42 Å². The zero-order valence-electron chi connectivity index (χ0n) is 15.3. The van der Waals surface area contributed by atoms with Crippen molar-refractivity contribution in [2.24, 2.45) is 0 Å². The third-order valence-corrected chi connectivity index (χ3v) is 3.45. The highest BCUT2D eigenvalue weighted by atomic mass is 16.3. The molecule has 1 aromatic rings. The lowest BCUT2D eigenvalue weighted by atomic mass is 9.95. The Bertz CT molecular complexity index is 817. The third kappa shape index (κ3) is 5.22. The van der Waals surface area contributed by atoms with Gasteiger partial charge >= 0.3 is 0 Å². The van der Waals surface area contributed by atoms with Gasteiger partial charge in [-0.1, -0.05) is 81.5 Å². The minimum atomic E-state index is 0.676. The Kier molecular flexibility index (Phi) is 7.43. The molecule has 0 spiro atoms. The van der Waals surface area contributed by atoms with E-state index in [1.165, 1.54) is 0 Å². The number of furan rings is 1. The van der Waals surface area contributed by atoms with Crippen molar-refractivity contribution in [3.05, 3.63) is 110 Å². The van der Waals surface area contributed by atoms with E-state index in [1.54, 1.807) is 12.2 Å². The molecule has 1 heteroatoms. The Morgan fingerprint density at radius 2 is 1.36 bits per heavy atom. The lowest BCUT2D eigenvalue weighted by Crippen LogP contribution is -1.89. The van der Waals surface area contributed by atoms with Crippen LogP contribution in [0.1, 0.15) is 36.5 Å². The van der Waals surface area contributed by atoms with Crippen LogP contribution in [-0.2, 0) is 0 Å². The van der Waals surface area contributed by atoms with Crippen LogP contribution in [0.3, 0.4) is 0 Å². The van der Waals surface area contributed by atoms with Crippen LogP contribution in [0.2, 0.25) is 0 Å². The van der Waals surface area contributed by atoms with E-state index >= 15 is 0 Å². The normalized spacial score (nSPS) is 11.3. The number of rotatable bonds is 9. The van der Waals surface area contributed by atoms with Crippen molar-refractivity contribution in [1.29, 1.82) is 0 Å². The van der Waals surface area contributed by atoms with Gasteiger partial charge in [0, 0.05) is 11.1 Å². The summed E-state index contributed by atoms with van der Waals surface area (Å²) in [4.78, 5) is 0. The minimum Gasteiger partial charge on any atom is -0.456 e.